The van der Waals surface area contributed by atoms with Gasteiger partial charge in [-0.2, -0.15) is 0 Å². The molecule has 0 spiro atoms. The molecule has 0 bridgehead atoms. The van der Waals surface area contributed by atoms with Gasteiger partial charge in [0.1, 0.15) is 5.82 Å². The first-order chi connectivity index (χ1) is 9.40. The molecule has 0 saturated heterocycles. The maximum atomic E-state index is 11.7. The summed E-state index contributed by atoms with van der Waals surface area (Å²) < 4.78 is 0. The van der Waals surface area contributed by atoms with Gasteiger partial charge < -0.3 is 10.3 Å². The molecule has 0 amide bonds. The van der Waals surface area contributed by atoms with Crippen LogP contribution in [-0.2, 0) is 6.54 Å². The number of nitrogens with one attached hydrogen (secondary N) is 2. The smallest absolute Gasteiger partial charge is 0.251 e. The summed E-state index contributed by atoms with van der Waals surface area (Å²) in [5, 5.41) is 3.05. The first-order valence-corrected chi connectivity index (χ1v) is 7.65. The summed E-state index contributed by atoms with van der Waals surface area (Å²) in [5.74, 6) is 2.08. The highest BCUT2D eigenvalue weighted by molar-refractivity contribution is 5.07. The van der Waals surface area contributed by atoms with Gasteiger partial charge in [0.05, 0.1) is 5.69 Å². The summed E-state index contributed by atoms with van der Waals surface area (Å²) in [7, 11) is 1.87. The van der Waals surface area contributed by atoms with Crippen LogP contribution in [0, 0.1) is 11.3 Å². The van der Waals surface area contributed by atoms with Crippen LogP contribution in [0.3, 0.4) is 0 Å². The molecule has 1 aliphatic carbocycles. The number of rotatable bonds is 3. The molecule has 0 aromatic carbocycles. The van der Waals surface area contributed by atoms with Gasteiger partial charge in [-0.05, 0) is 44.1 Å². The molecule has 2 rings (SSSR count). The Morgan fingerprint density at radius 1 is 1.30 bits per heavy atom. The zero-order valence-corrected chi connectivity index (χ0v) is 13.1. The van der Waals surface area contributed by atoms with Crippen LogP contribution in [0.25, 0.3) is 0 Å². The number of aromatic amines is 1. The molecule has 1 heterocycles. The summed E-state index contributed by atoms with van der Waals surface area (Å²) in [5.41, 5.74) is 1.20. The van der Waals surface area contributed by atoms with Gasteiger partial charge in [0, 0.05) is 18.5 Å². The maximum absolute atomic E-state index is 11.7. The van der Waals surface area contributed by atoms with E-state index in [2.05, 4.69) is 36.1 Å². The van der Waals surface area contributed by atoms with Crippen molar-refractivity contribution in [2.24, 2.45) is 11.3 Å². The Kier molecular flexibility index (Phi) is 4.63. The van der Waals surface area contributed by atoms with E-state index < -0.39 is 0 Å². The van der Waals surface area contributed by atoms with Crippen molar-refractivity contribution in [1.29, 1.82) is 0 Å². The lowest BCUT2D eigenvalue weighted by Gasteiger charge is -2.36. The van der Waals surface area contributed by atoms with Gasteiger partial charge in [0.15, 0.2) is 0 Å². The monoisotopic (exact) mass is 277 g/mol. The van der Waals surface area contributed by atoms with E-state index in [4.69, 9.17) is 0 Å². The summed E-state index contributed by atoms with van der Waals surface area (Å²) in [4.78, 5) is 19.3. The van der Waals surface area contributed by atoms with E-state index in [0.29, 0.717) is 17.9 Å². The van der Waals surface area contributed by atoms with Crippen molar-refractivity contribution in [3.8, 4) is 0 Å². The number of hydrogen-bond acceptors (Lipinski definition) is 3. The normalized spacial score (nSPS) is 23.8. The van der Waals surface area contributed by atoms with Crippen LogP contribution in [0.1, 0.15) is 63.9 Å². The van der Waals surface area contributed by atoms with Crippen molar-refractivity contribution in [2.45, 2.75) is 58.9 Å². The minimum absolute atomic E-state index is 0.0294. The first-order valence-electron chi connectivity index (χ1n) is 7.65. The fraction of sp³-hybridized carbons (Fsp3) is 0.750. The van der Waals surface area contributed by atoms with Gasteiger partial charge in [0.25, 0.3) is 5.56 Å². The second kappa shape index (κ2) is 6.08. The minimum Gasteiger partial charge on any atom is -0.314 e. The molecule has 1 aromatic heterocycles. The van der Waals surface area contributed by atoms with Crippen molar-refractivity contribution < 1.29 is 0 Å². The standard InChI is InChI=1S/C16H27N3O/c1-16(2,3)12-7-5-11(6-8-12)15-18-13(10-17-4)9-14(20)19-15/h9,11-12,17H,5-8,10H2,1-4H3,(H,18,19,20). The van der Waals surface area contributed by atoms with E-state index in [1.165, 1.54) is 12.8 Å². The number of aromatic nitrogens is 2. The van der Waals surface area contributed by atoms with E-state index in [-0.39, 0.29) is 5.56 Å². The molecule has 1 aromatic rings. The van der Waals surface area contributed by atoms with Crippen LogP contribution in [0.5, 0.6) is 0 Å². The van der Waals surface area contributed by atoms with Gasteiger partial charge in [-0.15, -0.1) is 0 Å². The summed E-state index contributed by atoms with van der Waals surface area (Å²) in [6, 6.07) is 1.58. The summed E-state index contributed by atoms with van der Waals surface area (Å²) in [6.07, 6.45) is 4.73. The SMILES string of the molecule is CNCc1cc(=O)[nH]c(C2CCC(C(C)(C)C)CC2)n1. The third kappa shape index (κ3) is 3.69. The van der Waals surface area contributed by atoms with E-state index in [0.717, 1.165) is 30.3 Å². The van der Waals surface area contributed by atoms with E-state index in [1.54, 1.807) is 6.07 Å². The lowest BCUT2D eigenvalue weighted by molar-refractivity contribution is 0.167. The van der Waals surface area contributed by atoms with Crippen LogP contribution in [0.2, 0.25) is 0 Å². The molecule has 20 heavy (non-hydrogen) atoms. The fourth-order valence-corrected chi connectivity index (χ4v) is 3.23. The van der Waals surface area contributed by atoms with Crippen molar-refractivity contribution in [3.63, 3.8) is 0 Å². The van der Waals surface area contributed by atoms with Gasteiger partial charge >= 0.3 is 0 Å². The average Bonchev–Trinajstić information content (AvgIpc) is 2.37. The van der Waals surface area contributed by atoms with Gasteiger partial charge in [-0.3, -0.25) is 4.79 Å². The number of nitrogens with zero attached hydrogens (tertiary/aromatic N) is 1. The molecule has 0 atom stereocenters. The molecule has 1 aliphatic rings. The molecular weight excluding hydrogens is 250 g/mol. The van der Waals surface area contributed by atoms with Crippen molar-refractivity contribution in [2.75, 3.05) is 7.05 Å². The lowest BCUT2D eigenvalue weighted by Crippen LogP contribution is -2.27. The molecule has 0 unspecified atom stereocenters. The molecule has 0 radical (unpaired) electrons. The number of hydrogen-bond donors (Lipinski definition) is 2. The van der Waals surface area contributed by atoms with Crippen LogP contribution in [-0.4, -0.2) is 17.0 Å². The molecule has 4 nitrogen and oxygen atoms in total. The molecule has 0 aliphatic heterocycles. The van der Waals surface area contributed by atoms with Crippen molar-refractivity contribution in [3.05, 3.63) is 27.9 Å². The van der Waals surface area contributed by atoms with E-state index >= 15 is 0 Å². The van der Waals surface area contributed by atoms with E-state index in [9.17, 15) is 4.79 Å². The Labute approximate surface area is 121 Å². The Hall–Kier alpha value is -1.16. The van der Waals surface area contributed by atoms with Crippen molar-refractivity contribution >= 4 is 0 Å². The Morgan fingerprint density at radius 3 is 2.50 bits per heavy atom. The highest BCUT2D eigenvalue weighted by Gasteiger charge is 2.31. The maximum Gasteiger partial charge on any atom is 0.251 e. The van der Waals surface area contributed by atoms with Crippen molar-refractivity contribution in [1.82, 2.24) is 15.3 Å². The minimum atomic E-state index is -0.0294. The molecule has 2 N–H and O–H groups in total. The van der Waals surface area contributed by atoms with Gasteiger partial charge in [0.2, 0.25) is 0 Å². The molecule has 1 saturated carbocycles. The zero-order chi connectivity index (χ0) is 14.8. The third-order valence-electron chi connectivity index (χ3n) is 4.51. The predicted octanol–water partition coefficient (Wildman–Crippen LogP) is 2.81. The third-order valence-corrected chi connectivity index (χ3v) is 4.51. The highest BCUT2D eigenvalue weighted by Crippen LogP contribution is 2.42. The number of H-pyrrole nitrogens is 1. The second-order valence-electron chi connectivity index (χ2n) is 7.07. The highest BCUT2D eigenvalue weighted by atomic mass is 16.1. The molecule has 1 fully saturated rings. The average molecular weight is 277 g/mol. The predicted molar refractivity (Wildman–Crippen MR) is 81.8 cm³/mol. The lowest BCUT2D eigenvalue weighted by atomic mass is 9.69. The molecule has 112 valence electrons. The van der Waals surface area contributed by atoms with Gasteiger partial charge in [-0.25, -0.2) is 4.98 Å². The van der Waals surface area contributed by atoms with Crippen LogP contribution in [0.4, 0.5) is 0 Å². The largest absolute Gasteiger partial charge is 0.314 e. The quantitative estimate of drug-likeness (QED) is 0.893. The van der Waals surface area contributed by atoms with Crippen LogP contribution < -0.4 is 10.9 Å². The van der Waals surface area contributed by atoms with Gasteiger partial charge in [-0.1, -0.05) is 20.8 Å². The second-order valence-corrected chi connectivity index (χ2v) is 7.07. The Balaban J connectivity index is 2.09. The van der Waals surface area contributed by atoms with E-state index in [1.807, 2.05) is 7.05 Å². The Bertz CT molecular complexity index is 493. The summed E-state index contributed by atoms with van der Waals surface area (Å²) in [6.45, 7) is 7.62. The van der Waals surface area contributed by atoms with Crippen LogP contribution >= 0.6 is 0 Å². The Morgan fingerprint density at radius 2 is 1.95 bits per heavy atom. The van der Waals surface area contributed by atoms with Crippen LogP contribution in [0.15, 0.2) is 10.9 Å². The summed E-state index contributed by atoms with van der Waals surface area (Å²) >= 11 is 0. The topological polar surface area (TPSA) is 57.8 Å². The fourth-order valence-electron chi connectivity index (χ4n) is 3.23. The molecule has 4 heteroatoms. The zero-order valence-electron chi connectivity index (χ0n) is 13.1. The molecular formula is C16H27N3O. The first kappa shape index (κ1) is 15.2.